The Morgan fingerprint density at radius 3 is 2.58 bits per heavy atom. The van der Waals surface area contributed by atoms with Crippen molar-refractivity contribution >= 4 is 30.2 Å². The Morgan fingerprint density at radius 2 is 1.84 bits per heavy atom. The van der Waals surface area contributed by atoms with Crippen molar-refractivity contribution in [2.45, 2.75) is 24.2 Å². The number of rotatable bonds is 11. The number of benzene rings is 2. The van der Waals surface area contributed by atoms with Crippen LogP contribution in [-0.4, -0.2) is 43.9 Å². The normalized spacial score (nSPS) is 22.3. The third-order valence-corrected chi connectivity index (χ3v) is 5.84. The largest absolute Gasteiger partial charge is 0.463 e. The van der Waals surface area contributed by atoms with E-state index >= 15 is 0 Å². The van der Waals surface area contributed by atoms with Crippen molar-refractivity contribution in [3.05, 3.63) is 88.5 Å². The summed E-state index contributed by atoms with van der Waals surface area (Å²) in [4.78, 5) is 21.8. The van der Waals surface area contributed by atoms with Crippen molar-refractivity contribution in [1.82, 2.24) is 0 Å². The molecule has 0 amide bonds. The van der Waals surface area contributed by atoms with Crippen molar-refractivity contribution in [2.24, 2.45) is 0 Å². The number of fused-ring (bicyclic) bond motifs is 2. The summed E-state index contributed by atoms with van der Waals surface area (Å²) in [7, 11) is 0. The smallest absolute Gasteiger partial charge is 0.293 e. The first-order chi connectivity index (χ1) is 15.2. The van der Waals surface area contributed by atoms with Gasteiger partial charge >= 0.3 is 0 Å². The summed E-state index contributed by atoms with van der Waals surface area (Å²) in [6, 6.07) is 17.2. The van der Waals surface area contributed by atoms with Crippen LogP contribution in [-0.2, 0) is 30.2 Å². The third kappa shape index (κ3) is 4.36. The van der Waals surface area contributed by atoms with Crippen LogP contribution in [0.1, 0.15) is 5.56 Å². The van der Waals surface area contributed by atoms with E-state index in [9.17, 15) is 9.59 Å². The molecule has 2 aliphatic rings. The zero-order valence-electron chi connectivity index (χ0n) is 16.7. The number of halogens is 1. The van der Waals surface area contributed by atoms with Crippen LogP contribution in [0, 0.1) is 0 Å². The van der Waals surface area contributed by atoms with Crippen molar-refractivity contribution in [1.29, 1.82) is 0 Å². The van der Waals surface area contributed by atoms with Gasteiger partial charge in [0.25, 0.3) is 12.9 Å². The van der Waals surface area contributed by atoms with Gasteiger partial charge in [-0.25, -0.2) is 0 Å². The van der Waals surface area contributed by atoms with Gasteiger partial charge in [-0.1, -0.05) is 48.0 Å². The summed E-state index contributed by atoms with van der Waals surface area (Å²) in [5.41, 5.74) is 2.67. The molecule has 31 heavy (non-hydrogen) atoms. The van der Waals surface area contributed by atoms with E-state index in [1.54, 1.807) is 0 Å². The molecule has 0 saturated heterocycles. The van der Waals surface area contributed by atoms with Gasteiger partial charge < -0.3 is 19.5 Å². The maximum atomic E-state index is 11.0. The fourth-order valence-electron chi connectivity index (χ4n) is 4.27. The summed E-state index contributed by atoms with van der Waals surface area (Å²) in [5, 5.41) is 4.24. The highest BCUT2D eigenvalue weighted by Crippen LogP contribution is 2.47. The average molecular weight is 440 g/mol. The van der Waals surface area contributed by atoms with Crippen molar-refractivity contribution in [3.63, 3.8) is 0 Å². The Bertz CT molecular complexity index is 1010. The molecule has 7 heteroatoms. The van der Waals surface area contributed by atoms with E-state index in [1.165, 1.54) is 0 Å². The second-order valence-corrected chi connectivity index (χ2v) is 7.84. The first-order valence-corrected chi connectivity index (χ1v) is 10.3. The minimum atomic E-state index is -0.868. The number of ether oxygens (including phenoxy) is 3. The number of anilines is 1. The maximum Gasteiger partial charge on any atom is 0.293 e. The van der Waals surface area contributed by atoms with E-state index in [4.69, 9.17) is 25.8 Å². The molecular weight excluding hydrogens is 418 g/mol. The van der Waals surface area contributed by atoms with Crippen LogP contribution in [0.4, 0.5) is 5.69 Å². The predicted octanol–water partition coefficient (Wildman–Crippen LogP) is 3.71. The average Bonchev–Trinajstić information content (AvgIpc) is 3.34. The molecule has 6 nitrogen and oxygen atoms in total. The minimum Gasteiger partial charge on any atom is -0.463 e. The molecule has 2 bridgehead atoms. The van der Waals surface area contributed by atoms with Gasteiger partial charge in [0.1, 0.15) is 24.9 Å². The number of nitrogens with one attached hydrogen (secondary N) is 1. The van der Waals surface area contributed by atoms with Gasteiger partial charge in [-0.2, -0.15) is 0 Å². The summed E-state index contributed by atoms with van der Waals surface area (Å²) >= 11 is 6.22. The van der Waals surface area contributed by atoms with E-state index in [-0.39, 0.29) is 25.4 Å². The molecule has 3 unspecified atom stereocenters. The van der Waals surface area contributed by atoms with Gasteiger partial charge in [0, 0.05) is 21.9 Å². The Balaban J connectivity index is 1.74. The second kappa shape index (κ2) is 9.37. The lowest BCUT2D eigenvalue weighted by molar-refractivity contribution is -0.129. The highest BCUT2D eigenvalue weighted by molar-refractivity contribution is 6.30. The Labute approximate surface area is 185 Å². The highest BCUT2D eigenvalue weighted by Gasteiger charge is 2.53. The molecule has 0 aromatic heterocycles. The quantitative estimate of drug-likeness (QED) is 0.425. The fraction of sp³-hybridized carbons (Fsp3) is 0.250. The van der Waals surface area contributed by atoms with Crippen LogP contribution in [0.2, 0.25) is 5.02 Å². The van der Waals surface area contributed by atoms with Crippen LogP contribution < -0.4 is 5.32 Å². The van der Waals surface area contributed by atoms with Gasteiger partial charge in [0.05, 0.1) is 6.04 Å². The van der Waals surface area contributed by atoms with Crippen LogP contribution >= 0.6 is 11.6 Å². The molecule has 0 aliphatic carbocycles. The minimum absolute atomic E-state index is 0.0460. The molecule has 0 spiro atoms. The topological polar surface area (TPSA) is 73.9 Å². The standard InChI is InChI=1S/C24H22ClNO5/c25-18-6-4-5-17(11-18)12-23(26-19-7-2-1-3-8-19)24-10-9-22(31-24)20(13-29-15-27)21(24)14-30-16-28/h1-11,15-16,22-23,26H,12-14H2. The molecule has 160 valence electrons. The lowest BCUT2D eigenvalue weighted by atomic mass is 9.79. The molecule has 2 aromatic carbocycles. The van der Waals surface area contributed by atoms with Gasteiger partial charge in [0.2, 0.25) is 0 Å². The van der Waals surface area contributed by atoms with Gasteiger partial charge in [-0.05, 0) is 42.3 Å². The first-order valence-electron chi connectivity index (χ1n) is 9.92. The molecule has 0 saturated carbocycles. The van der Waals surface area contributed by atoms with E-state index in [0.717, 1.165) is 22.4 Å². The van der Waals surface area contributed by atoms with Crippen LogP contribution in [0.3, 0.4) is 0 Å². The molecule has 0 fully saturated rings. The Kier molecular flexibility index (Phi) is 6.39. The second-order valence-electron chi connectivity index (χ2n) is 7.41. The first kappa shape index (κ1) is 21.2. The lowest BCUT2D eigenvalue weighted by Crippen LogP contribution is -2.48. The summed E-state index contributed by atoms with van der Waals surface area (Å²) in [6.07, 6.45) is 4.20. The Morgan fingerprint density at radius 1 is 1.06 bits per heavy atom. The third-order valence-electron chi connectivity index (χ3n) is 5.61. The number of hydrogen-bond donors (Lipinski definition) is 1. The van der Waals surface area contributed by atoms with E-state index < -0.39 is 5.60 Å². The van der Waals surface area contributed by atoms with Gasteiger partial charge in [-0.15, -0.1) is 0 Å². The maximum absolute atomic E-state index is 11.0. The van der Waals surface area contributed by atoms with Gasteiger partial charge in [-0.3, -0.25) is 9.59 Å². The predicted molar refractivity (Wildman–Crippen MR) is 117 cm³/mol. The Hall–Kier alpha value is -3.09. The van der Waals surface area contributed by atoms with E-state index in [0.29, 0.717) is 24.4 Å². The molecule has 1 N–H and O–H groups in total. The van der Waals surface area contributed by atoms with Gasteiger partial charge in [0.15, 0.2) is 0 Å². The monoisotopic (exact) mass is 439 g/mol. The zero-order chi connectivity index (χ0) is 21.7. The summed E-state index contributed by atoms with van der Waals surface area (Å²) in [5.74, 6) is 0. The van der Waals surface area contributed by atoms with E-state index in [2.05, 4.69) is 5.32 Å². The van der Waals surface area contributed by atoms with Crippen molar-refractivity contribution < 1.29 is 23.8 Å². The molecule has 2 aromatic rings. The van der Waals surface area contributed by atoms with Crippen LogP contribution in [0.5, 0.6) is 0 Å². The van der Waals surface area contributed by atoms with Crippen molar-refractivity contribution in [2.75, 3.05) is 18.5 Å². The number of carbonyl (C=O) groups is 2. The number of hydrogen-bond acceptors (Lipinski definition) is 6. The molecule has 0 radical (unpaired) electrons. The molecular formula is C24H22ClNO5. The number of para-hydroxylation sites is 1. The highest BCUT2D eigenvalue weighted by atomic mass is 35.5. The van der Waals surface area contributed by atoms with E-state index in [1.807, 2.05) is 66.7 Å². The van der Waals surface area contributed by atoms with Crippen LogP contribution in [0.15, 0.2) is 77.9 Å². The fourth-order valence-corrected chi connectivity index (χ4v) is 4.48. The molecule has 2 aliphatic heterocycles. The molecule has 2 heterocycles. The SMILES string of the molecule is O=COCC1=C(COC=O)C2(C(Cc3cccc(Cl)c3)Nc3ccccc3)C=CC1O2. The zero-order valence-corrected chi connectivity index (χ0v) is 17.5. The van der Waals surface area contributed by atoms with Crippen molar-refractivity contribution in [3.8, 4) is 0 Å². The molecule has 4 rings (SSSR count). The van der Waals surface area contributed by atoms with Crippen LogP contribution in [0.25, 0.3) is 0 Å². The number of carbonyl (C=O) groups excluding carboxylic acids is 2. The summed E-state index contributed by atoms with van der Waals surface area (Å²) in [6.45, 7) is 0.932. The summed E-state index contributed by atoms with van der Waals surface area (Å²) < 4.78 is 16.6. The molecule has 3 atom stereocenters. The lowest BCUT2D eigenvalue weighted by Gasteiger charge is -2.37.